The Morgan fingerprint density at radius 3 is 2.33 bits per heavy atom. The normalized spacial score (nSPS) is 12.1. The van der Waals surface area contributed by atoms with E-state index in [-0.39, 0.29) is 5.41 Å². The van der Waals surface area contributed by atoms with Crippen molar-refractivity contribution in [3.8, 4) is 0 Å². The van der Waals surface area contributed by atoms with Crippen molar-refractivity contribution in [1.82, 2.24) is 9.55 Å². The van der Waals surface area contributed by atoms with E-state index >= 15 is 0 Å². The summed E-state index contributed by atoms with van der Waals surface area (Å²) in [5.41, 5.74) is 8.31. The average molecular weight is 207 g/mol. The van der Waals surface area contributed by atoms with Gasteiger partial charge in [-0.1, -0.05) is 27.4 Å². The minimum absolute atomic E-state index is 0.0262. The molecule has 1 rings (SSSR count). The maximum absolute atomic E-state index is 5.75. The molecule has 84 valence electrons. The molecule has 0 saturated heterocycles. The Hall–Kier alpha value is -1.25. The van der Waals surface area contributed by atoms with Crippen LogP contribution in [0.15, 0.2) is 12.9 Å². The Morgan fingerprint density at radius 2 is 2.00 bits per heavy atom. The largest absolute Gasteiger partial charge is 0.397 e. The highest BCUT2D eigenvalue weighted by molar-refractivity contribution is 5.60. The SMILES string of the molecule is C=C(N)c1ncn(C(C)C)c1C(C)(C)C. The smallest absolute Gasteiger partial charge is 0.107 e. The predicted molar refractivity (Wildman–Crippen MR) is 64.5 cm³/mol. The first kappa shape index (κ1) is 11.8. The first-order valence-electron chi connectivity index (χ1n) is 5.27. The second-order valence-corrected chi connectivity index (χ2v) is 5.22. The number of hydrogen-bond acceptors (Lipinski definition) is 2. The Balaban J connectivity index is 3.40. The van der Waals surface area contributed by atoms with Gasteiger partial charge in [0.2, 0.25) is 0 Å². The Labute approximate surface area is 92.0 Å². The zero-order chi connectivity index (χ0) is 11.8. The van der Waals surface area contributed by atoms with Gasteiger partial charge in [0.25, 0.3) is 0 Å². The third-order valence-corrected chi connectivity index (χ3v) is 2.36. The molecule has 0 fully saturated rings. The monoisotopic (exact) mass is 207 g/mol. The van der Waals surface area contributed by atoms with E-state index in [1.807, 2.05) is 6.33 Å². The summed E-state index contributed by atoms with van der Waals surface area (Å²) in [6.07, 6.45) is 1.85. The first-order chi connectivity index (χ1) is 6.75. The highest BCUT2D eigenvalue weighted by Crippen LogP contribution is 2.29. The molecule has 1 aromatic rings. The van der Waals surface area contributed by atoms with Crippen molar-refractivity contribution in [1.29, 1.82) is 0 Å². The van der Waals surface area contributed by atoms with Gasteiger partial charge in [-0.3, -0.25) is 0 Å². The van der Waals surface area contributed by atoms with Gasteiger partial charge >= 0.3 is 0 Å². The molecule has 0 aliphatic rings. The van der Waals surface area contributed by atoms with Crippen LogP contribution in [0.25, 0.3) is 5.70 Å². The molecule has 1 aromatic heterocycles. The van der Waals surface area contributed by atoms with Gasteiger partial charge < -0.3 is 10.3 Å². The molecule has 0 spiro atoms. The highest BCUT2D eigenvalue weighted by Gasteiger charge is 2.25. The lowest BCUT2D eigenvalue weighted by Crippen LogP contribution is -2.21. The van der Waals surface area contributed by atoms with Crippen molar-refractivity contribution < 1.29 is 0 Å². The molecule has 2 N–H and O–H groups in total. The molecule has 0 unspecified atom stereocenters. The van der Waals surface area contributed by atoms with Crippen LogP contribution in [0.5, 0.6) is 0 Å². The first-order valence-corrected chi connectivity index (χ1v) is 5.27. The average Bonchev–Trinajstić information content (AvgIpc) is 2.45. The van der Waals surface area contributed by atoms with Crippen molar-refractivity contribution >= 4 is 5.70 Å². The van der Waals surface area contributed by atoms with E-state index in [1.165, 1.54) is 0 Å². The molecule has 3 heteroatoms. The molecule has 0 aliphatic heterocycles. The van der Waals surface area contributed by atoms with E-state index in [9.17, 15) is 0 Å². The molecule has 0 radical (unpaired) electrons. The Kier molecular flexibility index (Phi) is 2.93. The topological polar surface area (TPSA) is 43.8 Å². The van der Waals surface area contributed by atoms with Gasteiger partial charge in [0.15, 0.2) is 0 Å². The van der Waals surface area contributed by atoms with Gasteiger partial charge in [-0.25, -0.2) is 4.98 Å². The predicted octanol–water partition coefficient (Wildman–Crippen LogP) is 2.69. The Morgan fingerprint density at radius 1 is 1.47 bits per heavy atom. The summed E-state index contributed by atoms with van der Waals surface area (Å²) >= 11 is 0. The maximum Gasteiger partial charge on any atom is 0.107 e. The quantitative estimate of drug-likeness (QED) is 0.810. The highest BCUT2D eigenvalue weighted by atomic mass is 15.1. The van der Waals surface area contributed by atoms with Crippen LogP contribution in [-0.4, -0.2) is 9.55 Å². The fraction of sp³-hybridized carbons (Fsp3) is 0.583. The van der Waals surface area contributed by atoms with Crippen LogP contribution in [-0.2, 0) is 5.41 Å². The lowest BCUT2D eigenvalue weighted by Gasteiger charge is -2.24. The minimum atomic E-state index is 0.0262. The van der Waals surface area contributed by atoms with Crippen molar-refractivity contribution in [3.63, 3.8) is 0 Å². The third-order valence-electron chi connectivity index (χ3n) is 2.36. The van der Waals surface area contributed by atoms with Gasteiger partial charge in [-0.15, -0.1) is 0 Å². The van der Waals surface area contributed by atoms with E-state index < -0.39 is 0 Å². The van der Waals surface area contributed by atoms with E-state index in [0.29, 0.717) is 11.7 Å². The molecule has 0 amide bonds. The van der Waals surface area contributed by atoms with Crippen LogP contribution in [0, 0.1) is 0 Å². The molecular formula is C12H21N3. The summed E-state index contributed by atoms with van der Waals surface area (Å²) in [6.45, 7) is 14.5. The van der Waals surface area contributed by atoms with Crippen molar-refractivity contribution in [3.05, 3.63) is 24.3 Å². The van der Waals surface area contributed by atoms with Crippen molar-refractivity contribution in [2.24, 2.45) is 5.73 Å². The van der Waals surface area contributed by atoms with Gasteiger partial charge in [0.05, 0.1) is 17.7 Å². The molecule has 0 bridgehead atoms. The van der Waals surface area contributed by atoms with E-state index in [0.717, 1.165) is 11.4 Å². The van der Waals surface area contributed by atoms with Gasteiger partial charge in [-0.05, 0) is 13.8 Å². The fourth-order valence-electron chi connectivity index (χ4n) is 1.73. The number of nitrogens with zero attached hydrogens (tertiary/aromatic N) is 2. The molecule has 3 nitrogen and oxygen atoms in total. The summed E-state index contributed by atoms with van der Waals surface area (Å²) in [5.74, 6) is 0. The van der Waals surface area contributed by atoms with E-state index in [4.69, 9.17) is 5.73 Å². The summed E-state index contributed by atoms with van der Waals surface area (Å²) < 4.78 is 2.16. The summed E-state index contributed by atoms with van der Waals surface area (Å²) in [7, 11) is 0. The molecule has 15 heavy (non-hydrogen) atoms. The second kappa shape index (κ2) is 3.72. The number of imidazole rings is 1. The van der Waals surface area contributed by atoms with E-state index in [2.05, 4.69) is 50.7 Å². The minimum Gasteiger partial charge on any atom is -0.397 e. The van der Waals surface area contributed by atoms with Crippen LogP contribution < -0.4 is 5.73 Å². The van der Waals surface area contributed by atoms with Gasteiger partial charge in [0.1, 0.15) is 5.69 Å². The molecule has 1 heterocycles. The summed E-state index contributed by atoms with van der Waals surface area (Å²) in [6, 6.07) is 0.389. The molecule has 0 atom stereocenters. The van der Waals surface area contributed by atoms with Gasteiger partial charge in [-0.2, -0.15) is 0 Å². The zero-order valence-corrected chi connectivity index (χ0v) is 10.3. The van der Waals surface area contributed by atoms with Crippen LogP contribution in [0.1, 0.15) is 52.0 Å². The molecule has 0 aliphatic carbocycles. The van der Waals surface area contributed by atoms with Crippen LogP contribution in [0.3, 0.4) is 0 Å². The molecule has 0 saturated carbocycles. The van der Waals surface area contributed by atoms with Crippen molar-refractivity contribution in [2.75, 3.05) is 0 Å². The van der Waals surface area contributed by atoms with Crippen molar-refractivity contribution in [2.45, 2.75) is 46.1 Å². The summed E-state index contributed by atoms with van der Waals surface area (Å²) in [5, 5.41) is 0. The fourth-order valence-corrected chi connectivity index (χ4v) is 1.73. The standard InChI is InChI=1S/C12H21N3/c1-8(2)15-7-14-10(9(3)13)11(15)12(4,5)6/h7-8H,3,13H2,1-2,4-6H3. The number of aromatic nitrogens is 2. The van der Waals surface area contributed by atoms with Crippen LogP contribution in [0.2, 0.25) is 0 Å². The van der Waals surface area contributed by atoms with Crippen LogP contribution >= 0.6 is 0 Å². The maximum atomic E-state index is 5.75. The third kappa shape index (κ3) is 2.22. The second-order valence-electron chi connectivity index (χ2n) is 5.22. The number of nitrogens with two attached hydrogens (primary N) is 1. The van der Waals surface area contributed by atoms with E-state index in [1.54, 1.807) is 0 Å². The molecule has 0 aromatic carbocycles. The number of hydrogen-bond donors (Lipinski definition) is 1. The zero-order valence-electron chi connectivity index (χ0n) is 10.3. The Bertz CT molecular complexity index is 367. The summed E-state index contributed by atoms with van der Waals surface area (Å²) in [4.78, 5) is 4.34. The van der Waals surface area contributed by atoms with Gasteiger partial charge in [0, 0.05) is 11.5 Å². The van der Waals surface area contributed by atoms with Crippen LogP contribution in [0.4, 0.5) is 0 Å². The number of rotatable bonds is 2. The lowest BCUT2D eigenvalue weighted by atomic mass is 9.89. The molecular weight excluding hydrogens is 186 g/mol. The lowest BCUT2D eigenvalue weighted by molar-refractivity contribution is 0.483.